The standard InChI is InChI=1S/C23H20BrN7O4S2/c1-2-30-19(11-25-21(33)15-4-3-5-17(10-15)31(34)35)28-29-23(30)37-13-20(32)27-22-26-18(12-36-22)14-6-8-16(24)9-7-14/h3-10,12H,2,11,13H2,1H3,(H,25,33)(H,26,27,32). The first-order chi connectivity index (χ1) is 17.8. The number of nitrogens with zero attached hydrogens (tertiary/aromatic N) is 5. The second kappa shape index (κ2) is 12.1. The predicted molar refractivity (Wildman–Crippen MR) is 145 cm³/mol. The fourth-order valence-electron chi connectivity index (χ4n) is 3.27. The third-order valence-electron chi connectivity index (χ3n) is 5.06. The number of hydrogen-bond acceptors (Lipinski definition) is 9. The maximum Gasteiger partial charge on any atom is 0.270 e. The van der Waals surface area contributed by atoms with Crippen LogP contribution in [0.3, 0.4) is 0 Å². The number of nitro benzene ring substituents is 1. The van der Waals surface area contributed by atoms with E-state index >= 15 is 0 Å². The number of benzene rings is 2. The van der Waals surface area contributed by atoms with Crippen molar-refractivity contribution in [1.29, 1.82) is 0 Å². The van der Waals surface area contributed by atoms with Crippen molar-refractivity contribution in [3.63, 3.8) is 0 Å². The summed E-state index contributed by atoms with van der Waals surface area (Å²) in [4.78, 5) is 39.8. The van der Waals surface area contributed by atoms with E-state index in [1.807, 2.05) is 36.6 Å². The van der Waals surface area contributed by atoms with Gasteiger partial charge in [0, 0.05) is 39.7 Å². The van der Waals surface area contributed by atoms with E-state index in [9.17, 15) is 19.7 Å². The zero-order valence-electron chi connectivity index (χ0n) is 19.4. The van der Waals surface area contributed by atoms with Gasteiger partial charge in [0.25, 0.3) is 11.6 Å². The first kappa shape index (κ1) is 26.4. The molecule has 0 atom stereocenters. The highest BCUT2D eigenvalue weighted by Gasteiger charge is 2.16. The molecule has 14 heteroatoms. The molecule has 4 rings (SSSR count). The molecule has 4 aromatic rings. The van der Waals surface area contributed by atoms with Gasteiger partial charge in [-0.15, -0.1) is 21.5 Å². The summed E-state index contributed by atoms with van der Waals surface area (Å²) in [6.45, 7) is 2.51. The van der Waals surface area contributed by atoms with Gasteiger partial charge in [0.1, 0.15) is 0 Å². The van der Waals surface area contributed by atoms with Crippen molar-refractivity contribution in [2.45, 2.75) is 25.2 Å². The number of nitro groups is 1. The summed E-state index contributed by atoms with van der Waals surface area (Å²) in [6.07, 6.45) is 0. The number of carbonyl (C=O) groups is 2. The fourth-order valence-corrected chi connectivity index (χ4v) is 5.09. The van der Waals surface area contributed by atoms with E-state index < -0.39 is 10.8 Å². The summed E-state index contributed by atoms with van der Waals surface area (Å²) in [5.41, 5.74) is 1.75. The van der Waals surface area contributed by atoms with Crippen LogP contribution in [0.25, 0.3) is 11.3 Å². The maximum atomic E-state index is 12.5. The number of carbonyl (C=O) groups excluding carboxylic acids is 2. The molecule has 190 valence electrons. The second-order valence-corrected chi connectivity index (χ2v) is 10.2. The number of hydrogen-bond donors (Lipinski definition) is 2. The molecule has 0 saturated carbocycles. The van der Waals surface area contributed by atoms with Crippen LogP contribution in [0.1, 0.15) is 23.1 Å². The van der Waals surface area contributed by atoms with Gasteiger partial charge in [-0.2, -0.15) is 0 Å². The van der Waals surface area contributed by atoms with Crippen molar-refractivity contribution >= 4 is 61.7 Å². The van der Waals surface area contributed by atoms with Gasteiger partial charge in [-0.3, -0.25) is 19.7 Å². The second-order valence-electron chi connectivity index (χ2n) is 7.51. The Morgan fingerprint density at radius 2 is 1.97 bits per heavy atom. The lowest BCUT2D eigenvalue weighted by Gasteiger charge is -2.08. The first-order valence-electron chi connectivity index (χ1n) is 10.9. The molecule has 0 aliphatic rings. The van der Waals surface area contributed by atoms with Crippen molar-refractivity contribution in [3.8, 4) is 11.3 Å². The smallest absolute Gasteiger partial charge is 0.270 e. The molecule has 0 bridgehead atoms. The predicted octanol–water partition coefficient (Wildman–Crippen LogP) is 4.75. The van der Waals surface area contributed by atoms with E-state index in [1.54, 1.807) is 4.57 Å². The minimum Gasteiger partial charge on any atom is -0.345 e. The molecule has 0 saturated heterocycles. The highest BCUT2D eigenvalue weighted by Crippen LogP contribution is 2.26. The Labute approximate surface area is 228 Å². The number of amides is 2. The number of thioether (sulfide) groups is 1. The molecule has 0 aliphatic carbocycles. The zero-order valence-corrected chi connectivity index (χ0v) is 22.6. The quantitative estimate of drug-likeness (QED) is 0.150. The molecule has 0 radical (unpaired) electrons. The number of rotatable bonds is 10. The Kier molecular flexibility index (Phi) is 8.63. The van der Waals surface area contributed by atoms with Crippen LogP contribution in [0.2, 0.25) is 0 Å². The van der Waals surface area contributed by atoms with Crippen LogP contribution in [-0.2, 0) is 17.9 Å². The molecule has 2 aromatic carbocycles. The molecule has 37 heavy (non-hydrogen) atoms. The number of halogens is 1. The van der Waals surface area contributed by atoms with Gasteiger partial charge in [-0.05, 0) is 25.1 Å². The third-order valence-corrected chi connectivity index (χ3v) is 7.31. The lowest BCUT2D eigenvalue weighted by molar-refractivity contribution is -0.384. The number of anilines is 1. The molecule has 2 aromatic heterocycles. The van der Waals surface area contributed by atoms with E-state index in [0.717, 1.165) is 15.7 Å². The van der Waals surface area contributed by atoms with Crippen molar-refractivity contribution in [2.24, 2.45) is 0 Å². The summed E-state index contributed by atoms with van der Waals surface area (Å²) in [5, 5.41) is 27.6. The minimum atomic E-state index is -0.556. The van der Waals surface area contributed by atoms with Crippen molar-refractivity contribution in [1.82, 2.24) is 25.1 Å². The Balaban J connectivity index is 1.32. The van der Waals surface area contributed by atoms with Crippen LogP contribution in [0.15, 0.2) is 63.5 Å². The van der Waals surface area contributed by atoms with Gasteiger partial charge in [0.15, 0.2) is 16.1 Å². The zero-order chi connectivity index (χ0) is 26.4. The molecule has 2 heterocycles. The monoisotopic (exact) mass is 601 g/mol. The maximum absolute atomic E-state index is 12.5. The summed E-state index contributed by atoms with van der Waals surface area (Å²) in [5.74, 6) is -0.0872. The molecular formula is C23H20BrN7O4S2. The first-order valence-corrected chi connectivity index (χ1v) is 13.6. The number of nitrogens with one attached hydrogen (secondary N) is 2. The van der Waals surface area contributed by atoms with Crippen LogP contribution in [-0.4, -0.2) is 42.2 Å². The molecular weight excluding hydrogens is 582 g/mol. The molecule has 0 spiro atoms. The topological polar surface area (TPSA) is 145 Å². The molecule has 0 fully saturated rings. The molecule has 2 N–H and O–H groups in total. The van der Waals surface area contributed by atoms with Crippen molar-refractivity contribution in [3.05, 3.63) is 79.9 Å². The largest absolute Gasteiger partial charge is 0.345 e. The van der Waals surface area contributed by atoms with Gasteiger partial charge < -0.3 is 15.2 Å². The van der Waals surface area contributed by atoms with E-state index in [-0.39, 0.29) is 29.5 Å². The molecule has 0 unspecified atom stereocenters. The number of non-ortho nitro benzene ring substituents is 1. The van der Waals surface area contributed by atoms with Gasteiger partial charge in [-0.1, -0.05) is 45.9 Å². The highest BCUT2D eigenvalue weighted by atomic mass is 79.9. The summed E-state index contributed by atoms with van der Waals surface area (Å²) < 4.78 is 2.77. The fraction of sp³-hybridized carbons (Fsp3) is 0.174. The highest BCUT2D eigenvalue weighted by molar-refractivity contribution is 9.10. The van der Waals surface area contributed by atoms with Crippen molar-refractivity contribution < 1.29 is 14.5 Å². The average molecular weight is 602 g/mol. The molecule has 2 amide bonds. The van der Waals surface area contributed by atoms with Gasteiger partial charge in [0.2, 0.25) is 5.91 Å². The van der Waals surface area contributed by atoms with E-state index in [4.69, 9.17) is 0 Å². The Bertz CT molecular complexity index is 1440. The van der Waals surface area contributed by atoms with Crippen LogP contribution in [0.4, 0.5) is 10.8 Å². The minimum absolute atomic E-state index is 0.0765. The van der Waals surface area contributed by atoms with E-state index in [2.05, 4.69) is 41.7 Å². The lowest BCUT2D eigenvalue weighted by atomic mass is 10.2. The molecule has 0 aliphatic heterocycles. The number of aromatic nitrogens is 4. The van der Waals surface area contributed by atoms with Crippen LogP contribution in [0.5, 0.6) is 0 Å². The van der Waals surface area contributed by atoms with Gasteiger partial charge in [0.05, 0.1) is 22.9 Å². The van der Waals surface area contributed by atoms with Crippen LogP contribution in [0, 0.1) is 10.1 Å². The normalized spacial score (nSPS) is 10.8. The van der Waals surface area contributed by atoms with Gasteiger partial charge >= 0.3 is 0 Å². The average Bonchev–Trinajstić information content (AvgIpc) is 3.53. The third kappa shape index (κ3) is 6.78. The molecule has 11 nitrogen and oxygen atoms in total. The van der Waals surface area contributed by atoms with Gasteiger partial charge in [-0.25, -0.2) is 4.98 Å². The Hall–Kier alpha value is -3.62. The summed E-state index contributed by atoms with van der Waals surface area (Å²) >= 11 is 5.98. The van der Waals surface area contributed by atoms with Crippen LogP contribution < -0.4 is 10.6 Å². The van der Waals surface area contributed by atoms with Crippen LogP contribution >= 0.6 is 39.0 Å². The number of thiazole rings is 1. The van der Waals surface area contributed by atoms with Crippen molar-refractivity contribution in [2.75, 3.05) is 11.1 Å². The Morgan fingerprint density at radius 1 is 1.19 bits per heavy atom. The summed E-state index contributed by atoms with van der Waals surface area (Å²) in [7, 11) is 0. The Morgan fingerprint density at radius 3 is 2.70 bits per heavy atom. The van der Waals surface area contributed by atoms with E-state index in [1.165, 1.54) is 47.4 Å². The SMILES string of the molecule is CCn1c(CNC(=O)c2cccc([N+](=O)[O-])c2)nnc1SCC(=O)Nc1nc(-c2ccc(Br)cc2)cs1. The van der Waals surface area contributed by atoms with E-state index in [0.29, 0.717) is 22.7 Å². The lowest BCUT2D eigenvalue weighted by Crippen LogP contribution is -2.25. The summed E-state index contributed by atoms with van der Waals surface area (Å²) in [6, 6.07) is 13.2.